The molecule has 3 aromatic rings. The Labute approximate surface area is 174 Å². The van der Waals surface area contributed by atoms with E-state index in [0.29, 0.717) is 27.9 Å². The smallest absolute Gasteiger partial charge is 0.243 e. The first-order chi connectivity index (χ1) is 13.9. The van der Waals surface area contributed by atoms with Crippen molar-refractivity contribution in [2.45, 2.75) is 18.4 Å². The number of hydrogen-bond donors (Lipinski definition) is 0. The Balaban J connectivity index is 1.84. The zero-order valence-electron chi connectivity index (χ0n) is 16.1. The van der Waals surface area contributed by atoms with Crippen LogP contribution >= 0.6 is 11.6 Å². The van der Waals surface area contributed by atoms with Gasteiger partial charge in [0.2, 0.25) is 21.7 Å². The molecule has 2 aromatic carbocycles. The van der Waals surface area contributed by atoms with E-state index >= 15 is 0 Å². The van der Waals surface area contributed by atoms with Gasteiger partial charge in [0.1, 0.15) is 0 Å². The zero-order chi connectivity index (χ0) is 21.0. The molecular formula is C19H20ClN3O5S. The summed E-state index contributed by atoms with van der Waals surface area (Å²) in [5.41, 5.74) is 0.654. The lowest BCUT2D eigenvalue weighted by molar-refractivity contribution is 0.321. The van der Waals surface area contributed by atoms with Gasteiger partial charge >= 0.3 is 0 Å². The van der Waals surface area contributed by atoms with Crippen LogP contribution in [0.1, 0.15) is 12.8 Å². The van der Waals surface area contributed by atoms with Crippen LogP contribution in [-0.2, 0) is 16.6 Å². The SMILES string of the molecule is CCN(Cc1nc(-c2ccc(OC)c(OC)c2)no1)S(=O)(=O)c1ccc(Cl)cc1. The number of nitrogens with zero attached hydrogens (tertiary/aromatic N) is 3. The van der Waals surface area contributed by atoms with Crippen LogP contribution in [0.15, 0.2) is 51.9 Å². The maximum Gasteiger partial charge on any atom is 0.243 e. The number of sulfonamides is 1. The number of rotatable bonds is 8. The van der Waals surface area contributed by atoms with Gasteiger partial charge in [0, 0.05) is 17.1 Å². The van der Waals surface area contributed by atoms with Crippen molar-refractivity contribution in [2.24, 2.45) is 0 Å². The number of hydrogen-bond acceptors (Lipinski definition) is 7. The van der Waals surface area contributed by atoms with Crippen LogP contribution < -0.4 is 9.47 Å². The first kappa shape index (κ1) is 21.1. The molecule has 0 radical (unpaired) electrons. The highest BCUT2D eigenvalue weighted by Gasteiger charge is 2.25. The summed E-state index contributed by atoms with van der Waals surface area (Å²) in [6, 6.07) is 11.2. The molecule has 0 bridgehead atoms. The topological polar surface area (TPSA) is 94.8 Å². The third-order valence-electron chi connectivity index (χ3n) is 4.23. The van der Waals surface area contributed by atoms with E-state index in [4.69, 9.17) is 25.6 Å². The molecule has 0 aliphatic rings. The molecule has 8 nitrogen and oxygen atoms in total. The Morgan fingerprint density at radius 2 is 1.76 bits per heavy atom. The van der Waals surface area contributed by atoms with Gasteiger partial charge < -0.3 is 14.0 Å². The Kier molecular flexibility index (Phi) is 6.41. The van der Waals surface area contributed by atoms with Gasteiger partial charge in [0.05, 0.1) is 25.7 Å². The Morgan fingerprint density at radius 3 is 2.38 bits per heavy atom. The molecule has 0 N–H and O–H groups in total. The fourth-order valence-electron chi connectivity index (χ4n) is 2.68. The summed E-state index contributed by atoms with van der Waals surface area (Å²) in [5, 5.41) is 4.41. The molecule has 1 heterocycles. The molecular weight excluding hydrogens is 418 g/mol. The summed E-state index contributed by atoms with van der Waals surface area (Å²) in [6.45, 7) is 1.92. The van der Waals surface area contributed by atoms with Gasteiger partial charge in [-0.15, -0.1) is 0 Å². The van der Waals surface area contributed by atoms with Crippen LogP contribution in [0, 0.1) is 0 Å². The van der Waals surface area contributed by atoms with Crippen LogP contribution in [0.4, 0.5) is 0 Å². The third kappa shape index (κ3) is 4.52. The molecule has 29 heavy (non-hydrogen) atoms. The summed E-state index contributed by atoms with van der Waals surface area (Å²) in [7, 11) is -0.653. The molecule has 0 unspecified atom stereocenters. The van der Waals surface area contributed by atoms with E-state index in [1.165, 1.54) is 35.7 Å². The second-order valence-corrected chi connectivity index (χ2v) is 8.34. The number of aromatic nitrogens is 2. The third-order valence-corrected chi connectivity index (χ3v) is 6.41. The lowest BCUT2D eigenvalue weighted by Crippen LogP contribution is -2.30. The molecule has 0 aliphatic carbocycles. The molecule has 0 amide bonds. The molecule has 0 atom stereocenters. The lowest BCUT2D eigenvalue weighted by Gasteiger charge is -2.18. The van der Waals surface area contributed by atoms with Crippen molar-refractivity contribution in [2.75, 3.05) is 20.8 Å². The number of methoxy groups -OCH3 is 2. The van der Waals surface area contributed by atoms with Crippen LogP contribution in [-0.4, -0.2) is 43.6 Å². The number of ether oxygens (including phenoxy) is 2. The molecule has 1 aromatic heterocycles. The fraction of sp³-hybridized carbons (Fsp3) is 0.263. The predicted molar refractivity (Wildman–Crippen MR) is 108 cm³/mol. The van der Waals surface area contributed by atoms with Gasteiger partial charge in [-0.25, -0.2) is 8.42 Å². The maximum absolute atomic E-state index is 12.9. The molecule has 0 spiro atoms. The summed E-state index contributed by atoms with van der Waals surface area (Å²) in [4.78, 5) is 4.46. The van der Waals surface area contributed by atoms with Crippen molar-refractivity contribution < 1.29 is 22.4 Å². The molecule has 0 saturated heterocycles. The van der Waals surface area contributed by atoms with E-state index in [2.05, 4.69) is 10.1 Å². The van der Waals surface area contributed by atoms with Crippen molar-refractivity contribution in [1.29, 1.82) is 0 Å². The molecule has 10 heteroatoms. The van der Waals surface area contributed by atoms with Crippen LogP contribution in [0.3, 0.4) is 0 Å². The molecule has 0 aliphatic heterocycles. The monoisotopic (exact) mass is 437 g/mol. The highest BCUT2D eigenvalue weighted by molar-refractivity contribution is 7.89. The maximum atomic E-state index is 12.9. The van der Waals surface area contributed by atoms with Crippen molar-refractivity contribution in [3.8, 4) is 22.9 Å². The van der Waals surface area contributed by atoms with E-state index in [-0.39, 0.29) is 23.9 Å². The van der Waals surface area contributed by atoms with Crippen LogP contribution in [0.2, 0.25) is 5.02 Å². The molecule has 154 valence electrons. The van der Waals surface area contributed by atoms with Crippen molar-refractivity contribution >= 4 is 21.6 Å². The Hall–Kier alpha value is -2.62. The molecule has 0 fully saturated rings. The summed E-state index contributed by atoms with van der Waals surface area (Å²) < 4.78 is 42.8. The van der Waals surface area contributed by atoms with Gasteiger partial charge in [0.15, 0.2) is 11.5 Å². The van der Waals surface area contributed by atoms with E-state index in [1.807, 2.05) is 0 Å². The molecule has 3 rings (SSSR count). The predicted octanol–water partition coefficient (Wildman–Crippen LogP) is 3.62. The standard InChI is InChI=1S/C19H20ClN3O5S/c1-4-23(29(24,25)15-8-6-14(20)7-9-15)12-18-21-19(22-28-18)13-5-10-16(26-2)17(11-13)27-3/h5-11H,4,12H2,1-3H3. The second-order valence-electron chi connectivity index (χ2n) is 5.97. The minimum atomic E-state index is -3.73. The highest BCUT2D eigenvalue weighted by atomic mass is 35.5. The first-order valence-corrected chi connectivity index (χ1v) is 10.5. The van der Waals surface area contributed by atoms with Crippen LogP contribution in [0.25, 0.3) is 11.4 Å². The van der Waals surface area contributed by atoms with E-state index < -0.39 is 10.0 Å². The number of halogens is 1. The largest absolute Gasteiger partial charge is 0.493 e. The highest BCUT2D eigenvalue weighted by Crippen LogP contribution is 2.31. The summed E-state index contributed by atoms with van der Waals surface area (Å²) >= 11 is 5.85. The average molecular weight is 438 g/mol. The fourth-order valence-corrected chi connectivity index (χ4v) is 4.21. The molecule has 0 saturated carbocycles. The Bertz CT molecular complexity index is 1080. The Morgan fingerprint density at radius 1 is 1.07 bits per heavy atom. The average Bonchev–Trinajstić information content (AvgIpc) is 3.20. The van der Waals surface area contributed by atoms with Gasteiger partial charge in [-0.05, 0) is 42.5 Å². The minimum absolute atomic E-state index is 0.0538. The van der Waals surface area contributed by atoms with Gasteiger partial charge in [-0.3, -0.25) is 0 Å². The summed E-state index contributed by atoms with van der Waals surface area (Å²) in [5.74, 6) is 1.60. The van der Waals surface area contributed by atoms with E-state index in [1.54, 1.807) is 32.2 Å². The van der Waals surface area contributed by atoms with E-state index in [0.717, 1.165) is 0 Å². The second kappa shape index (κ2) is 8.81. The van der Waals surface area contributed by atoms with Crippen molar-refractivity contribution in [3.63, 3.8) is 0 Å². The van der Waals surface area contributed by atoms with Crippen molar-refractivity contribution in [1.82, 2.24) is 14.4 Å². The van der Waals surface area contributed by atoms with Gasteiger partial charge in [-0.1, -0.05) is 23.7 Å². The van der Waals surface area contributed by atoms with Crippen molar-refractivity contribution in [3.05, 3.63) is 53.4 Å². The lowest BCUT2D eigenvalue weighted by atomic mass is 10.2. The van der Waals surface area contributed by atoms with E-state index in [9.17, 15) is 8.42 Å². The first-order valence-electron chi connectivity index (χ1n) is 8.69. The van der Waals surface area contributed by atoms with Crippen LogP contribution in [0.5, 0.6) is 11.5 Å². The normalized spacial score (nSPS) is 11.6. The zero-order valence-corrected chi connectivity index (χ0v) is 17.7. The summed E-state index contributed by atoms with van der Waals surface area (Å²) in [6.07, 6.45) is 0. The minimum Gasteiger partial charge on any atom is -0.493 e. The quantitative estimate of drug-likeness (QED) is 0.531. The van der Waals surface area contributed by atoms with Gasteiger partial charge in [-0.2, -0.15) is 9.29 Å². The van der Waals surface area contributed by atoms with Gasteiger partial charge in [0.25, 0.3) is 0 Å². The number of benzene rings is 2.